The van der Waals surface area contributed by atoms with Gasteiger partial charge in [0, 0.05) is 38.5 Å². The minimum atomic E-state index is -2.25. The largest absolute Gasteiger partial charge is 0.397 e. The zero-order valence-corrected chi connectivity index (χ0v) is 28.1. The third-order valence-corrected chi connectivity index (χ3v) is 20.3. The van der Waals surface area contributed by atoms with Crippen molar-refractivity contribution < 1.29 is 17.7 Å². The van der Waals surface area contributed by atoms with E-state index in [2.05, 4.69) is 20.8 Å². The minimum Gasteiger partial charge on any atom is -0.397 e. The number of unbranched alkanes of at least 4 members (excludes halogenated alkanes) is 4. The fourth-order valence-corrected chi connectivity index (χ4v) is 17.7. The van der Waals surface area contributed by atoms with Gasteiger partial charge >= 0.3 is 17.1 Å². The first-order valence-corrected chi connectivity index (χ1v) is 20.2. The van der Waals surface area contributed by atoms with Crippen molar-refractivity contribution >= 4 is 17.1 Å². The van der Waals surface area contributed by atoms with E-state index < -0.39 is 17.1 Å². The van der Waals surface area contributed by atoms with Gasteiger partial charge in [0.15, 0.2) is 0 Å². The average Bonchev–Trinajstić information content (AvgIpc) is 2.95. The van der Waals surface area contributed by atoms with Crippen molar-refractivity contribution in [3.05, 3.63) is 0 Å². The van der Waals surface area contributed by atoms with Crippen LogP contribution in [-0.4, -0.2) is 45.6 Å². The lowest BCUT2D eigenvalue weighted by molar-refractivity contribution is 0.125. The highest BCUT2D eigenvalue weighted by Crippen LogP contribution is 2.61. The van der Waals surface area contributed by atoms with Crippen molar-refractivity contribution in [2.24, 2.45) is 5.92 Å². The Morgan fingerprint density at radius 3 is 1.68 bits per heavy atom. The second-order valence-corrected chi connectivity index (χ2v) is 20.2. The third kappa shape index (κ3) is 7.32. The molecule has 2 fully saturated rings. The minimum absolute atomic E-state index is 0.280. The van der Waals surface area contributed by atoms with Crippen LogP contribution in [0, 0.1) is 5.92 Å². The zero-order chi connectivity index (χ0) is 27.3. The van der Waals surface area contributed by atoms with Gasteiger partial charge < -0.3 is 17.7 Å². The highest BCUT2D eigenvalue weighted by Gasteiger charge is 2.60. The molecule has 2 heterocycles. The lowest BCUT2D eigenvalue weighted by Crippen LogP contribution is -2.57. The van der Waals surface area contributed by atoms with Crippen LogP contribution in [0.1, 0.15) is 143 Å². The molecule has 0 aromatic rings. The van der Waals surface area contributed by atoms with Gasteiger partial charge in [0.25, 0.3) is 0 Å². The molecule has 0 saturated carbocycles. The highest BCUT2D eigenvalue weighted by atomic mass is 28.4. The van der Waals surface area contributed by atoms with E-state index in [1.54, 1.807) is 0 Å². The lowest BCUT2D eigenvalue weighted by atomic mass is 9.76. The summed E-state index contributed by atoms with van der Waals surface area (Å²) in [5, 5.41) is 0.578. The van der Waals surface area contributed by atoms with E-state index in [0.717, 1.165) is 5.92 Å². The molecule has 0 aromatic heterocycles. The van der Waals surface area contributed by atoms with Crippen LogP contribution >= 0.6 is 0 Å². The quantitative estimate of drug-likeness (QED) is 0.117. The molecular formula is C31H64O4Si2. The van der Waals surface area contributed by atoms with E-state index in [9.17, 15) is 0 Å². The Balaban J connectivity index is 2.25. The maximum Gasteiger partial charge on any atom is 0.344 e. The molecule has 2 aliphatic rings. The second-order valence-electron chi connectivity index (χ2n) is 12.5. The average molecular weight is 557 g/mol. The van der Waals surface area contributed by atoms with Gasteiger partial charge in [0.2, 0.25) is 0 Å². The molecule has 0 radical (unpaired) electrons. The van der Waals surface area contributed by atoms with Gasteiger partial charge in [-0.1, -0.05) is 111 Å². The van der Waals surface area contributed by atoms with E-state index in [1.807, 2.05) is 28.4 Å². The van der Waals surface area contributed by atoms with Gasteiger partial charge in [0.1, 0.15) is 0 Å². The van der Waals surface area contributed by atoms with Crippen LogP contribution in [0.25, 0.3) is 0 Å². The Kier molecular flexibility index (Phi) is 14.9. The summed E-state index contributed by atoms with van der Waals surface area (Å²) in [5.74, 6) is 0.732. The molecule has 220 valence electrons. The first-order valence-electron chi connectivity index (χ1n) is 16.2. The molecule has 0 N–H and O–H groups in total. The Morgan fingerprint density at radius 1 is 0.568 bits per heavy atom. The zero-order valence-electron chi connectivity index (χ0n) is 26.1. The van der Waals surface area contributed by atoms with Gasteiger partial charge in [-0.3, -0.25) is 0 Å². The first-order chi connectivity index (χ1) is 17.9. The van der Waals surface area contributed by atoms with Gasteiger partial charge in [-0.15, -0.1) is 0 Å². The lowest BCUT2D eigenvalue weighted by Gasteiger charge is -2.54. The van der Waals surface area contributed by atoms with Crippen molar-refractivity contribution in [2.75, 3.05) is 28.4 Å². The molecule has 2 rings (SSSR count). The van der Waals surface area contributed by atoms with Gasteiger partial charge in [-0.2, -0.15) is 0 Å². The molecule has 3 unspecified atom stereocenters. The van der Waals surface area contributed by atoms with Crippen LogP contribution in [0.2, 0.25) is 22.2 Å². The molecule has 0 aromatic carbocycles. The fourth-order valence-electron chi connectivity index (χ4n) is 8.73. The van der Waals surface area contributed by atoms with Gasteiger partial charge in [-0.05, 0) is 50.1 Å². The van der Waals surface area contributed by atoms with Crippen molar-refractivity contribution in [3.8, 4) is 0 Å². The standard InChI is InChI=1S/C31H64O4Si2/c1-8-11-20-29(31(25-13-10-3)26-17-19-28-37(31,34-6)35-7)21-14-15-23-30(22-12-9-2)24-16-18-27-36(30,32-4)33-5/h29H,8-28H2,1-7H3. The maximum absolute atomic E-state index is 6.51. The summed E-state index contributed by atoms with van der Waals surface area (Å²) in [6.45, 7) is 7.04. The molecule has 0 aliphatic carbocycles. The summed E-state index contributed by atoms with van der Waals surface area (Å²) in [6.07, 6.45) is 24.8. The van der Waals surface area contributed by atoms with Crippen LogP contribution in [0.5, 0.6) is 0 Å². The van der Waals surface area contributed by atoms with Gasteiger partial charge in [-0.25, -0.2) is 0 Å². The van der Waals surface area contributed by atoms with E-state index in [4.69, 9.17) is 17.7 Å². The molecule has 0 bridgehead atoms. The Hall–Kier alpha value is 0.274. The van der Waals surface area contributed by atoms with E-state index in [-0.39, 0.29) is 5.04 Å². The summed E-state index contributed by atoms with van der Waals surface area (Å²) < 4.78 is 25.8. The summed E-state index contributed by atoms with van der Waals surface area (Å²) in [5.41, 5.74) is 0. The number of hydrogen-bond donors (Lipinski definition) is 0. The Morgan fingerprint density at radius 2 is 1.08 bits per heavy atom. The van der Waals surface area contributed by atoms with Crippen LogP contribution in [0.15, 0.2) is 0 Å². The summed E-state index contributed by atoms with van der Waals surface area (Å²) in [7, 11) is 3.41. The van der Waals surface area contributed by atoms with E-state index >= 15 is 0 Å². The molecule has 0 amide bonds. The molecule has 6 heteroatoms. The van der Waals surface area contributed by atoms with Crippen molar-refractivity contribution in [3.63, 3.8) is 0 Å². The maximum atomic E-state index is 6.51. The van der Waals surface area contributed by atoms with Crippen molar-refractivity contribution in [1.82, 2.24) is 0 Å². The molecule has 2 saturated heterocycles. The van der Waals surface area contributed by atoms with Crippen LogP contribution < -0.4 is 0 Å². The monoisotopic (exact) mass is 556 g/mol. The molecular weight excluding hydrogens is 493 g/mol. The predicted octanol–water partition coefficient (Wildman–Crippen LogP) is 10.1. The first kappa shape index (κ1) is 33.5. The SMILES string of the molecule is CCCCC(CCCCC1(CCCC)CCCC[Si]1(OC)OC)C1(CCCC)CCCC[Si]1(OC)OC. The summed E-state index contributed by atoms with van der Waals surface area (Å²) in [4.78, 5) is 0. The van der Waals surface area contributed by atoms with E-state index in [1.165, 1.54) is 134 Å². The predicted molar refractivity (Wildman–Crippen MR) is 163 cm³/mol. The normalized spacial score (nSPS) is 28.3. The Bertz CT molecular complexity index is 610. The molecule has 3 atom stereocenters. The Labute approximate surface area is 233 Å². The number of hydrogen-bond acceptors (Lipinski definition) is 4. The van der Waals surface area contributed by atoms with E-state index in [0.29, 0.717) is 5.04 Å². The molecule has 4 nitrogen and oxygen atoms in total. The van der Waals surface area contributed by atoms with Crippen LogP contribution in [-0.2, 0) is 17.7 Å². The van der Waals surface area contributed by atoms with Crippen LogP contribution in [0.3, 0.4) is 0 Å². The molecule has 0 spiro atoms. The second kappa shape index (κ2) is 16.5. The van der Waals surface area contributed by atoms with Gasteiger partial charge in [0.05, 0.1) is 0 Å². The molecule has 37 heavy (non-hydrogen) atoms. The van der Waals surface area contributed by atoms with Crippen molar-refractivity contribution in [1.29, 1.82) is 0 Å². The topological polar surface area (TPSA) is 36.9 Å². The molecule has 2 aliphatic heterocycles. The fraction of sp³-hybridized carbons (Fsp3) is 1.00. The third-order valence-electron chi connectivity index (χ3n) is 10.8. The highest BCUT2D eigenvalue weighted by molar-refractivity contribution is 6.71. The smallest absolute Gasteiger partial charge is 0.344 e. The van der Waals surface area contributed by atoms with Crippen LogP contribution in [0.4, 0.5) is 0 Å². The summed E-state index contributed by atoms with van der Waals surface area (Å²) >= 11 is 0. The number of rotatable bonds is 19. The summed E-state index contributed by atoms with van der Waals surface area (Å²) in [6, 6.07) is 2.36. The van der Waals surface area contributed by atoms with Crippen molar-refractivity contribution in [2.45, 2.75) is 165 Å².